The van der Waals surface area contributed by atoms with Crippen molar-refractivity contribution in [3.63, 3.8) is 0 Å². The Balaban J connectivity index is 2.40. The lowest BCUT2D eigenvalue weighted by Crippen LogP contribution is -2.64. The molecule has 5 atom stereocenters. The molecule has 4 N–H and O–H groups in total. The van der Waals surface area contributed by atoms with Crippen LogP contribution in [-0.4, -0.2) is 58.6 Å². The maximum absolute atomic E-state index is 10.0. The van der Waals surface area contributed by atoms with E-state index in [1.165, 1.54) is 19.4 Å². The van der Waals surface area contributed by atoms with Crippen molar-refractivity contribution in [2.24, 2.45) is 0 Å². The van der Waals surface area contributed by atoms with Crippen molar-refractivity contribution < 1.29 is 34.3 Å². The standard InChI is InChI=1S/C11H16O7/c1-16-11(7-3-2-4-17-7)10(15)9(14)8(13)6(5-12)18-11/h2-4,6,8-10,12-15H,5H2,1H3/t6-,8-,9+,10+,11+/m1/s1. The quantitative estimate of drug-likeness (QED) is 0.526. The van der Waals surface area contributed by atoms with E-state index in [2.05, 4.69) is 0 Å². The van der Waals surface area contributed by atoms with Crippen molar-refractivity contribution in [1.82, 2.24) is 0 Å². The number of ether oxygens (including phenoxy) is 2. The first-order chi connectivity index (χ1) is 8.56. The van der Waals surface area contributed by atoms with Crippen LogP contribution in [0, 0.1) is 0 Å². The van der Waals surface area contributed by atoms with Crippen molar-refractivity contribution in [3.8, 4) is 0 Å². The first-order valence-corrected chi connectivity index (χ1v) is 5.49. The van der Waals surface area contributed by atoms with E-state index >= 15 is 0 Å². The molecule has 0 aromatic carbocycles. The summed E-state index contributed by atoms with van der Waals surface area (Å²) in [5.74, 6) is -1.61. The molecule has 2 heterocycles. The van der Waals surface area contributed by atoms with Gasteiger partial charge in [0.25, 0.3) is 5.79 Å². The molecule has 102 valence electrons. The van der Waals surface area contributed by atoms with Gasteiger partial charge in [-0.1, -0.05) is 0 Å². The molecule has 1 fully saturated rings. The first-order valence-electron chi connectivity index (χ1n) is 5.49. The first kappa shape index (κ1) is 13.5. The van der Waals surface area contributed by atoms with Gasteiger partial charge in [0.05, 0.1) is 12.9 Å². The zero-order valence-corrected chi connectivity index (χ0v) is 9.76. The fourth-order valence-electron chi connectivity index (χ4n) is 2.09. The molecule has 2 rings (SSSR count). The molecule has 0 radical (unpaired) electrons. The van der Waals surface area contributed by atoms with Crippen molar-refractivity contribution in [2.75, 3.05) is 13.7 Å². The molecular weight excluding hydrogens is 244 g/mol. The van der Waals surface area contributed by atoms with E-state index in [0.29, 0.717) is 0 Å². The minimum absolute atomic E-state index is 0.141. The summed E-state index contributed by atoms with van der Waals surface area (Å²) in [5.41, 5.74) is 0. The highest BCUT2D eigenvalue weighted by atomic mass is 16.7. The molecule has 1 saturated heterocycles. The lowest BCUT2D eigenvalue weighted by Gasteiger charge is -2.46. The Labute approximate surface area is 103 Å². The molecule has 0 spiro atoms. The summed E-state index contributed by atoms with van der Waals surface area (Å²) >= 11 is 0. The Morgan fingerprint density at radius 2 is 2.06 bits per heavy atom. The normalized spacial score (nSPS) is 40.9. The van der Waals surface area contributed by atoms with Gasteiger partial charge in [-0.25, -0.2) is 0 Å². The Morgan fingerprint density at radius 3 is 2.56 bits per heavy atom. The molecule has 1 aliphatic heterocycles. The van der Waals surface area contributed by atoms with Gasteiger partial charge >= 0.3 is 0 Å². The third-order valence-corrected chi connectivity index (χ3v) is 3.12. The predicted molar refractivity (Wildman–Crippen MR) is 57.4 cm³/mol. The molecule has 18 heavy (non-hydrogen) atoms. The summed E-state index contributed by atoms with van der Waals surface area (Å²) in [6.45, 7) is -0.531. The highest BCUT2D eigenvalue weighted by Gasteiger charge is 2.56. The van der Waals surface area contributed by atoms with Crippen molar-refractivity contribution >= 4 is 0 Å². The Kier molecular flexibility index (Phi) is 3.71. The smallest absolute Gasteiger partial charge is 0.258 e. The van der Waals surface area contributed by atoms with Crippen molar-refractivity contribution in [2.45, 2.75) is 30.2 Å². The van der Waals surface area contributed by atoms with Gasteiger partial charge in [0.2, 0.25) is 0 Å². The van der Waals surface area contributed by atoms with Gasteiger partial charge in [0.1, 0.15) is 24.4 Å². The number of aliphatic hydroxyl groups is 4. The molecule has 1 aromatic heterocycles. The molecular formula is C11H16O7. The summed E-state index contributed by atoms with van der Waals surface area (Å²) in [5, 5.41) is 38.6. The number of methoxy groups -OCH3 is 1. The monoisotopic (exact) mass is 260 g/mol. The summed E-state index contributed by atoms with van der Waals surface area (Å²) in [4.78, 5) is 0. The maximum Gasteiger partial charge on any atom is 0.258 e. The van der Waals surface area contributed by atoms with E-state index < -0.39 is 36.8 Å². The average Bonchev–Trinajstić information content (AvgIpc) is 2.91. The lowest BCUT2D eigenvalue weighted by molar-refractivity contribution is -0.371. The SMILES string of the molecule is CO[C@@]1(c2ccco2)O[C@H](CO)[C@@H](O)[C@H](O)[C@@H]1O. The Bertz CT molecular complexity index is 377. The molecule has 0 saturated carbocycles. The van der Waals surface area contributed by atoms with Crippen molar-refractivity contribution in [1.29, 1.82) is 0 Å². The molecule has 7 nitrogen and oxygen atoms in total. The minimum Gasteiger partial charge on any atom is -0.463 e. The maximum atomic E-state index is 10.0. The van der Waals surface area contributed by atoms with Gasteiger partial charge in [-0.05, 0) is 12.1 Å². The molecule has 1 aliphatic rings. The average molecular weight is 260 g/mol. The van der Waals surface area contributed by atoms with E-state index in [1.54, 1.807) is 6.07 Å². The zero-order chi connectivity index (χ0) is 13.3. The number of rotatable bonds is 3. The summed E-state index contributed by atoms with van der Waals surface area (Å²) in [7, 11) is 1.27. The van der Waals surface area contributed by atoms with Gasteiger partial charge in [0.15, 0.2) is 5.76 Å². The van der Waals surface area contributed by atoms with Crippen LogP contribution in [0.25, 0.3) is 0 Å². The number of aliphatic hydroxyl groups excluding tert-OH is 4. The van der Waals surface area contributed by atoms with Crippen LogP contribution in [-0.2, 0) is 15.3 Å². The third-order valence-electron chi connectivity index (χ3n) is 3.12. The molecule has 0 amide bonds. The summed E-state index contributed by atoms with van der Waals surface area (Å²) < 4.78 is 15.7. The minimum atomic E-state index is -1.75. The molecule has 0 aliphatic carbocycles. The van der Waals surface area contributed by atoms with Crippen LogP contribution in [0.5, 0.6) is 0 Å². The second-order valence-electron chi connectivity index (χ2n) is 4.11. The van der Waals surface area contributed by atoms with Crippen LogP contribution in [0.15, 0.2) is 22.8 Å². The largest absolute Gasteiger partial charge is 0.463 e. The topological polar surface area (TPSA) is 113 Å². The van der Waals surface area contributed by atoms with Crippen molar-refractivity contribution in [3.05, 3.63) is 24.2 Å². The second kappa shape index (κ2) is 4.96. The summed E-state index contributed by atoms with van der Waals surface area (Å²) in [6, 6.07) is 3.07. The van der Waals surface area contributed by atoms with Crippen LogP contribution in [0.3, 0.4) is 0 Å². The Hall–Kier alpha value is -0.960. The predicted octanol–water partition coefficient (Wildman–Crippen LogP) is -1.45. The van der Waals surface area contributed by atoms with E-state index in [9.17, 15) is 15.3 Å². The van der Waals surface area contributed by atoms with Gasteiger partial charge in [-0.15, -0.1) is 0 Å². The van der Waals surface area contributed by atoms with E-state index in [0.717, 1.165) is 0 Å². The fourth-order valence-corrected chi connectivity index (χ4v) is 2.09. The number of furan rings is 1. The molecule has 0 bridgehead atoms. The summed E-state index contributed by atoms with van der Waals surface area (Å²) in [6.07, 6.45) is -4.22. The van der Waals surface area contributed by atoms with E-state index in [-0.39, 0.29) is 5.76 Å². The number of hydrogen-bond acceptors (Lipinski definition) is 7. The lowest BCUT2D eigenvalue weighted by atomic mass is 9.91. The highest BCUT2D eigenvalue weighted by molar-refractivity contribution is 5.13. The zero-order valence-electron chi connectivity index (χ0n) is 9.76. The highest BCUT2D eigenvalue weighted by Crippen LogP contribution is 2.39. The molecule has 1 aromatic rings. The second-order valence-corrected chi connectivity index (χ2v) is 4.11. The van der Waals surface area contributed by atoms with Crippen LogP contribution in [0.2, 0.25) is 0 Å². The number of hydrogen-bond donors (Lipinski definition) is 4. The third kappa shape index (κ3) is 1.85. The molecule has 7 heteroatoms. The van der Waals surface area contributed by atoms with Gasteiger partial charge < -0.3 is 34.3 Å². The van der Waals surface area contributed by atoms with Crippen LogP contribution >= 0.6 is 0 Å². The van der Waals surface area contributed by atoms with Crippen LogP contribution in [0.1, 0.15) is 5.76 Å². The molecule has 0 unspecified atom stereocenters. The van der Waals surface area contributed by atoms with Gasteiger partial charge in [0, 0.05) is 7.11 Å². The Morgan fingerprint density at radius 1 is 1.33 bits per heavy atom. The fraction of sp³-hybridized carbons (Fsp3) is 0.636. The van der Waals surface area contributed by atoms with E-state index in [4.69, 9.17) is 19.0 Å². The van der Waals surface area contributed by atoms with E-state index in [1.807, 2.05) is 0 Å². The van der Waals surface area contributed by atoms with Gasteiger partial charge in [-0.3, -0.25) is 0 Å². The van der Waals surface area contributed by atoms with Crippen LogP contribution < -0.4 is 0 Å². The van der Waals surface area contributed by atoms with Gasteiger partial charge in [-0.2, -0.15) is 0 Å². The van der Waals surface area contributed by atoms with Crippen LogP contribution in [0.4, 0.5) is 0 Å².